The summed E-state index contributed by atoms with van der Waals surface area (Å²) in [6.07, 6.45) is 0. The largest absolute Gasteiger partial charge is 0.487 e. The molecule has 3 nitrogen and oxygen atoms in total. The number of benzene rings is 3. The summed E-state index contributed by atoms with van der Waals surface area (Å²) < 4.78 is 5.88. The molecule has 158 valence electrons. The van der Waals surface area contributed by atoms with Gasteiger partial charge in [0, 0.05) is 5.56 Å². The van der Waals surface area contributed by atoms with Crippen LogP contribution in [0.5, 0.6) is 5.75 Å². The zero-order valence-corrected chi connectivity index (χ0v) is 19.6. The molecule has 2 N–H and O–H groups in total. The third-order valence-corrected chi connectivity index (χ3v) is 6.61. The summed E-state index contributed by atoms with van der Waals surface area (Å²) in [4.78, 5) is 21.7. The van der Waals surface area contributed by atoms with Gasteiger partial charge in [-0.05, 0) is 45.7 Å². The Hall–Kier alpha value is -2.19. The van der Waals surface area contributed by atoms with Crippen molar-refractivity contribution in [2.24, 2.45) is 0 Å². The molecular weight excluding hydrogens is 391 g/mol. The average molecular weight is 424 g/mol. The van der Waals surface area contributed by atoms with E-state index in [4.69, 9.17) is 4.52 Å². The molecule has 4 heteroatoms. The molecule has 0 aliphatic rings. The van der Waals surface area contributed by atoms with E-state index in [0.29, 0.717) is 11.1 Å². The van der Waals surface area contributed by atoms with Gasteiger partial charge in [0.05, 0.1) is 0 Å². The molecule has 3 aromatic rings. The van der Waals surface area contributed by atoms with Gasteiger partial charge >= 0.3 is 7.94 Å². The van der Waals surface area contributed by atoms with Gasteiger partial charge in [-0.1, -0.05) is 96.1 Å². The van der Waals surface area contributed by atoms with Gasteiger partial charge < -0.3 is 0 Å². The maximum atomic E-state index is 10.9. The van der Waals surface area contributed by atoms with Crippen molar-refractivity contribution in [2.75, 3.05) is 0 Å². The van der Waals surface area contributed by atoms with Crippen molar-refractivity contribution in [1.82, 2.24) is 0 Å². The maximum Gasteiger partial charge on any atom is 0.487 e. The Kier molecular flexibility index (Phi) is 6.11. The predicted molar refractivity (Wildman–Crippen MR) is 127 cm³/mol. The lowest BCUT2D eigenvalue weighted by molar-refractivity contribution is 0.350. The maximum absolute atomic E-state index is 10.9. The summed E-state index contributed by atoms with van der Waals surface area (Å²) in [5.74, 6) is 0.515. The van der Waals surface area contributed by atoms with Crippen molar-refractivity contribution in [3.8, 4) is 16.9 Å². The van der Waals surface area contributed by atoms with Crippen molar-refractivity contribution in [3.05, 3.63) is 83.9 Å². The second-order valence-electron chi connectivity index (χ2n) is 9.76. The highest BCUT2D eigenvalue weighted by Gasteiger charge is 2.42. The third-order valence-electron chi connectivity index (χ3n) is 5.19. The van der Waals surface area contributed by atoms with Crippen LogP contribution in [0.4, 0.5) is 0 Å². The summed E-state index contributed by atoms with van der Waals surface area (Å²) in [6.45, 7) is 12.8. The van der Waals surface area contributed by atoms with E-state index in [0.717, 1.165) is 16.7 Å². The zero-order chi connectivity index (χ0) is 22.2. The van der Waals surface area contributed by atoms with Crippen LogP contribution in [0.3, 0.4) is 0 Å². The lowest BCUT2D eigenvalue weighted by Crippen LogP contribution is -2.20. The van der Waals surface area contributed by atoms with Gasteiger partial charge in [0.25, 0.3) is 0 Å². The molecule has 0 unspecified atom stereocenters. The van der Waals surface area contributed by atoms with Crippen molar-refractivity contribution < 1.29 is 14.3 Å². The first kappa shape index (κ1) is 22.5. The molecule has 0 fully saturated rings. The minimum atomic E-state index is -3.78. The van der Waals surface area contributed by atoms with Crippen molar-refractivity contribution in [2.45, 2.75) is 52.4 Å². The summed E-state index contributed by atoms with van der Waals surface area (Å²) in [5.41, 5.74) is 4.04. The fraction of sp³-hybridized carbons (Fsp3) is 0.308. The molecule has 0 atom stereocenters. The number of hydrogen-bond donors (Lipinski definition) is 2. The molecule has 0 saturated heterocycles. The molecule has 3 rings (SSSR count). The Morgan fingerprint density at radius 2 is 1.23 bits per heavy atom. The molecule has 0 aromatic heterocycles. The Labute approximate surface area is 181 Å². The first-order valence-corrected chi connectivity index (χ1v) is 11.8. The smallest absolute Gasteiger partial charge is 0.281 e. The fourth-order valence-electron chi connectivity index (χ4n) is 3.33. The van der Waals surface area contributed by atoms with Gasteiger partial charge in [0.1, 0.15) is 0 Å². The van der Waals surface area contributed by atoms with Gasteiger partial charge in [-0.15, -0.1) is 0 Å². The quantitative estimate of drug-likeness (QED) is 0.477. The fourth-order valence-corrected chi connectivity index (χ4v) is 4.41. The van der Waals surface area contributed by atoms with E-state index in [9.17, 15) is 9.79 Å². The molecule has 30 heavy (non-hydrogen) atoms. The molecule has 0 bridgehead atoms. The third kappa shape index (κ3) is 5.10. The lowest BCUT2D eigenvalue weighted by atomic mass is 9.80. The molecule has 0 radical (unpaired) electrons. The minimum absolute atomic E-state index is 0.00351. The highest BCUT2D eigenvalue weighted by atomic mass is 31.2. The van der Waals surface area contributed by atoms with E-state index in [1.54, 1.807) is 12.1 Å². The van der Waals surface area contributed by atoms with Crippen LogP contribution < -0.4 is 9.83 Å². The SMILES string of the molecule is CC(C)(C)c1ccc(O[P+](O)(O)c2ccc(-c3ccccc3)cc2)c(C(C)(C)C)c1. The standard InChI is InChI=1S/C26H32O3P/c1-25(2,3)21-14-17-24(23(18-21)26(4,5)6)29-30(27,28)22-15-12-20(13-16-22)19-10-8-7-9-11-19/h7-18,27-28H,1-6H3/q+1. The minimum Gasteiger partial charge on any atom is -0.281 e. The predicted octanol–water partition coefficient (Wildman–Crippen LogP) is 6.40. The van der Waals surface area contributed by atoms with Gasteiger partial charge in [0.2, 0.25) is 0 Å². The second-order valence-corrected chi connectivity index (χ2v) is 11.5. The zero-order valence-electron chi connectivity index (χ0n) is 18.7. The van der Waals surface area contributed by atoms with E-state index in [1.807, 2.05) is 54.6 Å². The Morgan fingerprint density at radius 3 is 1.77 bits per heavy atom. The normalized spacial score (nSPS) is 12.7. The molecule has 0 aliphatic carbocycles. The van der Waals surface area contributed by atoms with Crippen LogP contribution in [0, 0.1) is 0 Å². The van der Waals surface area contributed by atoms with Crippen LogP contribution in [-0.4, -0.2) is 9.79 Å². The van der Waals surface area contributed by atoms with E-state index in [2.05, 4.69) is 47.6 Å². The van der Waals surface area contributed by atoms with Crippen molar-refractivity contribution in [1.29, 1.82) is 0 Å². The molecule has 0 heterocycles. The molecule has 0 amide bonds. The van der Waals surface area contributed by atoms with E-state index >= 15 is 0 Å². The summed E-state index contributed by atoms with van der Waals surface area (Å²) >= 11 is 0. The van der Waals surface area contributed by atoms with Crippen LogP contribution in [0.1, 0.15) is 52.7 Å². The van der Waals surface area contributed by atoms with Crippen LogP contribution >= 0.6 is 7.94 Å². The first-order valence-electron chi connectivity index (χ1n) is 10.2. The molecule has 0 spiro atoms. The van der Waals surface area contributed by atoms with E-state index < -0.39 is 7.94 Å². The Balaban J connectivity index is 1.93. The van der Waals surface area contributed by atoms with Crippen LogP contribution in [-0.2, 0) is 10.8 Å². The average Bonchev–Trinajstić information content (AvgIpc) is 2.67. The van der Waals surface area contributed by atoms with Gasteiger partial charge in [-0.25, -0.2) is 0 Å². The van der Waals surface area contributed by atoms with Gasteiger partial charge in [-0.3, -0.25) is 4.52 Å². The molecule has 3 aromatic carbocycles. The summed E-state index contributed by atoms with van der Waals surface area (Å²) in [5, 5.41) is 0.391. The Bertz CT molecular complexity index is 995. The first-order chi connectivity index (χ1) is 13.9. The topological polar surface area (TPSA) is 49.7 Å². The summed E-state index contributed by atoms with van der Waals surface area (Å²) in [6, 6.07) is 23.2. The molecule has 0 aliphatic heterocycles. The van der Waals surface area contributed by atoms with Gasteiger partial charge in [0.15, 0.2) is 11.1 Å². The summed E-state index contributed by atoms with van der Waals surface area (Å²) in [7, 11) is -3.78. The molecule has 0 saturated carbocycles. The highest BCUT2D eigenvalue weighted by Crippen LogP contribution is 2.52. The Morgan fingerprint density at radius 1 is 0.667 bits per heavy atom. The van der Waals surface area contributed by atoms with Crippen LogP contribution in [0.2, 0.25) is 0 Å². The van der Waals surface area contributed by atoms with Crippen molar-refractivity contribution >= 4 is 13.2 Å². The molecular formula is C26H32O3P+. The van der Waals surface area contributed by atoms with Crippen molar-refractivity contribution in [3.63, 3.8) is 0 Å². The second kappa shape index (κ2) is 8.15. The van der Waals surface area contributed by atoms with Crippen LogP contribution in [0.25, 0.3) is 11.1 Å². The lowest BCUT2D eigenvalue weighted by Gasteiger charge is -2.27. The number of rotatable bonds is 4. The van der Waals surface area contributed by atoms with E-state index in [-0.39, 0.29) is 10.8 Å². The van der Waals surface area contributed by atoms with Crippen LogP contribution in [0.15, 0.2) is 72.8 Å². The highest BCUT2D eigenvalue weighted by molar-refractivity contribution is 7.68. The monoisotopic (exact) mass is 423 g/mol. The number of hydrogen-bond acceptors (Lipinski definition) is 3. The van der Waals surface area contributed by atoms with E-state index in [1.165, 1.54) is 5.56 Å². The van der Waals surface area contributed by atoms with Gasteiger partial charge in [-0.2, -0.15) is 9.79 Å².